The Labute approximate surface area is 104 Å². The number of aromatic hydroxyl groups is 1. The number of hydrogen-bond acceptors (Lipinski definition) is 3. The van der Waals surface area contributed by atoms with E-state index in [1.165, 1.54) is 18.2 Å². The standard InChI is InChI=1S/C11H12N2O3S/c1-2-5-12-11(17)13-7-3-4-9(14)8(6-7)10(15)16/h2-4,6,14H,1,5H2,(H,15,16)(H2,12,13,17). The molecule has 0 atom stereocenters. The molecule has 0 radical (unpaired) electrons. The van der Waals surface area contributed by atoms with Crippen molar-refractivity contribution in [2.75, 3.05) is 11.9 Å². The third-order valence-corrected chi connectivity index (χ3v) is 2.14. The van der Waals surface area contributed by atoms with E-state index in [2.05, 4.69) is 17.2 Å². The minimum Gasteiger partial charge on any atom is -0.507 e. The van der Waals surface area contributed by atoms with Crippen LogP contribution < -0.4 is 10.6 Å². The Morgan fingerprint density at radius 1 is 1.53 bits per heavy atom. The van der Waals surface area contributed by atoms with E-state index in [1.807, 2.05) is 0 Å². The summed E-state index contributed by atoms with van der Waals surface area (Å²) in [6.07, 6.45) is 1.65. The Balaban J connectivity index is 2.79. The average Bonchev–Trinajstić information content (AvgIpc) is 2.28. The van der Waals surface area contributed by atoms with E-state index in [9.17, 15) is 9.90 Å². The van der Waals surface area contributed by atoms with Crippen LogP contribution in [0.25, 0.3) is 0 Å². The molecule has 6 heteroatoms. The maximum atomic E-state index is 10.8. The first-order chi connectivity index (χ1) is 8.04. The van der Waals surface area contributed by atoms with Gasteiger partial charge in [0.1, 0.15) is 11.3 Å². The summed E-state index contributed by atoms with van der Waals surface area (Å²) < 4.78 is 0. The van der Waals surface area contributed by atoms with Crippen LogP contribution in [0.4, 0.5) is 5.69 Å². The highest BCUT2D eigenvalue weighted by molar-refractivity contribution is 7.80. The lowest BCUT2D eigenvalue weighted by molar-refractivity contribution is 0.0694. The smallest absolute Gasteiger partial charge is 0.339 e. The van der Waals surface area contributed by atoms with Crippen LogP contribution in [0.2, 0.25) is 0 Å². The maximum Gasteiger partial charge on any atom is 0.339 e. The highest BCUT2D eigenvalue weighted by atomic mass is 32.1. The first-order valence-electron chi connectivity index (χ1n) is 4.76. The summed E-state index contributed by atoms with van der Waals surface area (Å²) in [5.74, 6) is -1.48. The van der Waals surface area contributed by atoms with Crippen molar-refractivity contribution in [2.45, 2.75) is 0 Å². The quantitative estimate of drug-likeness (QED) is 0.370. The second-order valence-corrected chi connectivity index (χ2v) is 3.57. The van der Waals surface area contributed by atoms with Crippen LogP contribution in [0.5, 0.6) is 5.75 Å². The normalized spacial score (nSPS) is 9.41. The van der Waals surface area contributed by atoms with Gasteiger partial charge in [0.25, 0.3) is 0 Å². The molecule has 0 aromatic heterocycles. The van der Waals surface area contributed by atoms with Crippen molar-refractivity contribution >= 4 is 29.0 Å². The van der Waals surface area contributed by atoms with Gasteiger partial charge in [-0.2, -0.15) is 0 Å². The molecule has 0 amide bonds. The summed E-state index contributed by atoms with van der Waals surface area (Å²) in [6, 6.07) is 4.13. The summed E-state index contributed by atoms with van der Waals surface area (Å²) >= 11 is 4.96. The molecule has 17 heavy (non-hydrogen) atoms. The number of anilines is 1. The summed E-state index contributed by atoms with van der Waals surface area (Å²) in [5, 5.41) is 24.1. The second-order valence-electron chi connectivity index (χ2n) is 3.16. The van der Waals surface area contributed by atoms with Gasteiger partial charge >= 0.3 is 5.97 Å². The lowest BCUT2D eigenvalue weighted by Gasteiger charge is -2.10. The van der Waals surface area contributed by atoms with E-state index in [0.29, 0.717) is 17.3 Å². The first kappa shape index (κ1) is 13.0. The topological polar surface area (TPSA) is 81.6 Å². The summed E-state index contributed by atoms with van der Waals surface area (Å²) in [4.78, 5) is 10.8. The molecule has 0 fully saturated rings. The number of carboxylic acids is 1. The fourth-order valence-electron chi connectivity index (χ4n) is 1.13. The Morgan fingerprint density at radius 3 is 2.82 bits per heavy atom. The van der Waals surface area contributed by atoms with E-state index in [4.69, 9.17) is 17.3 Å². The van der Waals surface area contributed by atoms with E-state index in [0.717, 1.165) is 0 Å². The number of benzene rings is 1. The van der Waals surface area contributed by atoms with Crippen LogP contribution >= 0.6 is 12.2 Å². The summed E-state index contributed by atoms with van der Waals surface area (Å²) in [6.45, 7) is 4.04. The van der Waals surface area contributed by atoms with Crippen LogP contribution in [-0.4, -0.2) is 27.8 Å². The van der Waals surface area contributed by atoms with Gasteiger partial charge in [-0.1, -0.05) is 6.08 Å². The van der Waals surface area contributed by atoms with E-state index in [-0.39, 0.29) is 11.3 Å². The average molecular weight is 252 g/mol. The third kappa shape index (κ3) is 3.76. The number of carbonyl (C=O) groups is 1. The molecule has 5 nitrogen and oxygen atoms in total. The number of rotatable bonds is 4. The number of aromatic carboxylic acids is 1. The molecule has 0 unspecified atom stereocenters. The largest absolute Gasteiger partial charge is 0.507 e. The fraction of sp³-hybridized carbons (Fsp3) is 0.0909. The molecule has 0 aliphatic carbocycles. The molecule has 0 heterocycles. The Bertz CT molecular complexity index is 460. The maximum absolute atomic E-state index is 10.8. The Morgan fingerprint density at radius 2 is 2.24 bits per heavy atom. The van der Waals surface area contributed by atoms with Gasteiger partial charge < -0.3 is 20.8 Å². The van der Waals surface area contributed by atoms with Crippen LogP contribution in [-0.2, 0) is 0 Å². The van der Waals surface area contributed by atoms with Crippen molar-refractivity contribution in [2.24, 2.45) is 0 Å². The molecule has 1 rings (SSSR count). The van der Waals surface area contributed by atoms with Crippen molar-refractivity contribution < 1.29 is 15.0 Å². The van der Waals surface area contributed by atoms with Gasteiger partial charge in [0.2, 0.25) is 0 Å². The van der Waals surface area contributed by atoms with Gasteiger partial charge in [-0.25, -0.2) is 4.79 Å². The Hall–Kier alpha value is -2.08. The number of nitrogens with one attached hydrogen (secondary N) is 2. The summed E-state index contributed by atoms with van der Waals surface area (Å²) in [5.41, 5.74) is 0.309. The second kappa shape index (κ2) is 5.86. The Kier molecular flexibility index (Phi) is 4.47. The monoisotopic (exact) mass is 252 g/mol. The van der Waals surface area contributed by atoms with Gasteiger partial charge in [-0.05, 0) is 30.4 Å². The van der Waals surface area contributed by atoms with Crippen molar-refractivity contribution in [1.82, 2.24) is 5.32 Å². The minimum atomic E-state index is -1.20. The van der Waals surface area contributed by atoms with Gasteiger partial charge in [-0.15, -0.1) is 6.58 Å². The molecular weight excluding hydrogens is 240 g/mol. The SMILES string of the molecule is C=CCNC(=S)Nc1ccc(O)c(C(=O)O)c1. The molecule has 0 aliphatic heterocycles. The van der Waals surface area contributed by atoms with E-state index >= 15 is 0 Å². The molecule has 0 aliphatic rings. The van der Waals surface area contributed by atoms with Gasteiger partial charge in [0.05, 0.1) is 0 Å². The van der Waals surface area contributed by atoms with Gasteiger partial charge in [0, 0.05) is 12.2 Å². The third-order valence-electron chi connectivity index (χ3n) is 1.89. The van der Waals surface area contributed by atoms with Gasteiger partial charge in [0.15, 0.2) is 5.11 Å². The molecule has 0 spiro atoms. The molecule has 0 bridgehead atoms. The molecule has 4 N–H and O–H groups in total. The number of carboxylic acid groups (broad SMARTS) is 1. The molecule has 0 saturated carbocycles. The van der Waals surface area contributed by atoms with Crippen molar-refractivity contribution in [1.29, 1.82) is 0 Å². The minimum absolute atomic E-state index is 0.179. The molecule has 1 aromatic rings. The lowest BCUT2D eigenvalue weighted by Crippen LogP contribution is -2.28. The van der Waals surface area contributed by atoms with Crippen LogP contribution in [0.1, 0.15) is 10.4 Å². The highest BCUT2D eigenvalue weighted by Crippen LogP contribution is 2.21. The highest BCUT2D eigenvalue weighted by Gasteiger charge is 2.10. The van der Waals surface area contributed by atoms with Crippen molar-refractivity contribution in [3.05, 3.63) is 36.4 Å². The molecule has 0 saturated heterocycles. The molecule has 90 valence electrons. The zero-order chi connectivity index (χ0) is 12.8. The van der Waals surface area contributed by atoms with Crippen molar-refractivity contribution in [3.63, 3.8) is 0 Å². The first-order valence-corrected chi connectivity index (χ1v) is 5.17. The fourth-order valence-corrected chi connectivity index (χ4v) is 1.33. The molecule has 1 aromatic carbocycles. The number of thiocarbonyl (C=S) groups is 1. The zero-order valence-electron chi connectivity index (χ0n) is 8.93. The number of hydrogen-bond donors (Lipinski definition) is 4. The molecular formula is C11H12N2O3S. The lowest BCUT2D eigenvalue weighted by atomic mass is 10.2. The predicted octanol–water partition coefficient (Wildman–Crippen LogP) is 1.56. The van der Waals surface area contributed by atoms with Crippen molar-refractivity contribution in [3.8, 4) is 5.75 Å². The number of phenols is 1. The van der Waals surface area contributed by atoms with Crippen LogP contribution in [0.15, 0.2) is 30.9 Å². The predicted molar refractivity (Wildman–Crippen MR) is 69.5 cm³/mol. The summed E-state index contributed by atoms with van der Waals surface area (Å²) in [7, 11) is 0. The zero-order valence-corrected chi connectivity index (χ0v) is 9.75. The van der Waals surface area contributed by atoms with Crippen LogP contribution in [0.3, 0.4) is 0 Å². The van der Waals surface area contributed by atoms with E-state index < -0.39 is 5.97 Å². The van der Waals surface area contributed by atoms with Gasteiger partial charge in [-0.3, -0.25) is 0 Å². The van der Waals surface area contributed by atoms with E-state index in [1.54, 1.807) is 6.08 Å². The van der Waals surface area contributed by atoms with Crippen LogP contribution in [0, 0.1) is 0 Å².